The lowest BCUT2D eigenvalue weighted by Gasteiger charge is -2.02. The Morgan fingerprint density at radius 3 is 1.95 bits per heavy atom. The third kappa shape index (κ3) is 5.20. The van der Waals surface area contributed by atoms with Gasteiger partial charge < -0.3 is 20.2 Å². The van der Waals surface area contributed by atoms with Crippen LogP contribution in [0.15, 0.2) is 30.3 Å². The first-order valence-electron chi connectivity index (χ1n) is 14.3. The maximum atomic E-state index is 11.5. The van der Waals surface area contributed by atoms with Crippen LogP contribution in [0, 0.1) is 13.8 Å². The Bertz CT molecular complexity index is 1900. The Morgan fingerprint density at radius 1 is 0.738 bits per heavy atom. The van der Waals surface area contributed by atoms with Gasteiger partial charge in [-0.25, -0.2) is 14.8 Å². The highest BCUT2D eigenvalue weighted by atomic mass is 16.4. The van der Waals surface area contributed by atoms with Gasteiger partial charge in [0.2, 0.25) is 0 Å². The number of aromatic nitrogens is 4. The number of rotatable bonds is 7. The van der Waals surface area contributed by atoms with Crippen molar-refractivity contribution >= 4 is 62.4 Å². The van der Waals surface area contributed by atoms with Crippen molar-refractivity contribution in [1.82, 2.24) is 19.9 Å². The van der Waals surface area contributed by atoms with Crippen LogP contribution in [0.5, 0.6) is 0 Å². The van der Waals surface area contributed by atoms with Crippen molar-refractivity contribution in [2.24, 2.45) is 0 Å². The summed E-state index contributed by atoms with van der Waals surface area (Å²) in [7, 11) is 0. The van der Waals surface area contributed by atoms with Gasteiger partial charge in [-0.05, 0) is 116 Å². The zero-order valence-electron chi connectivity index (χ0n) is 24.9. The van der Waals surface area contributed by atoms with E-state index in [0.29, 0.717) is 17.6 Å². The Labute approximate surface area is 244 Å². The summed E-state index contributed by atoms with van der Waals surface area (Å²) in [5.41, 5.74) is 14.8. The minimum atomic E-state index is -1.04. The van der Waals surface area contributed by atoms with Crippen molar-refractivity contribution < 1.29 is 19.8 Å². The number of nitrogens with zero attached hydrogens (tertiary/aromatic N) is 2. The number of hydrogen-bond donors (Lipinski definition) is 4. The van der Waals surface area contributed by atoms with E-state index in [1.165, 1.54) is 11.1 Å². The van der Waals surface area contributed by atoms with Crippen LogP contribution in [0.25, 0.3) is 50.4 Å². The first-order chi connectivity index (χ1) is 20.0. The van der Waals surface area contributed by atoms with Gasteiger partial charge in [0.15, 0.2) is 0 Å². The van der Waals surface area contributed by atoms with Gasteiger partial charge in [-0.15, -0.1) is 0 Å². The van der Waals surface area contributed by atoms with E-state index < -0.39 is 11.9 Å². The van der Waals surface area contributed by atoms with Gasteiger partial charge in [-0.1, -0.05) is 13.8 Å². The molecule has 0 radical (unpaired) electrons. The summed E-state index contributed by atoms with van der Waals surface area (Å²) < 4.78 is 0. The Kier molecular flexibility index (Phi) is 7.73. The Hall–Kier alpha value is -4.72. The molecule has 216 valence electrons. The van der Waals surface area contributed by atoms with Gasteiger partial charge in [0.05, 0.1) is 22.8 Å². The van der Waals surface area contributed by atoms with E-state index in [1.54, 1.807) is 6.08 Å². The van der Waals surface area contributed by atoms with Crippen LogP contribution in [0.2, 0.25) is 0 Å². The molecular weight excluding hydrogens is 528 g/mol. The first kappa shape index (κ1) is 28.8. The number of H-pyrrole nitrogens is 2. The molecule has 42 heavy (non-hydrogen) atoms. The topological polar surface area (TPSA) is 132 Å². The summed E-state index contributed by atoms with van der Waals surface area (Å²) >= 11 is 0. The summed E-state index contributed by atoms with van der Waals surface area (Å²) in [5, 5.41) is 18.8. The van der Waals surface area contributed by atoms with E-state index in [2.05, 4.69) is 49.8 Å². The average molecular weight is 565 g/mol. The SMILES string of the molecule is CCC1=C(C)c2cc3nc(cc4[nH]c(cc5[nH]c(cc1n2)c(CC)c5C)c(C)c4/C=C/C(=O)O)C(CCC(=O)O)=C3C. The molecule has 0 fully saturated rings. The number of hydrogen-bond acceptors (Lipinski definition) is 4. The fourth-order valence-corrected chi connectivity index (χ4v) is 6.00. The second kappa shape index (κ2) is 11.3. The normalized spacial score (nSPS) is 13.5. The zero-order valence-corrected chi connectivity index (χ0v) is 24.9. The summed E-state index contributed by atoms with van der Waals surface area (Å²) in [6.07, 6.45) is 4.71. The monoisotopic (exact) mass is 564 g/mol. The number of aryl methyl sites for hydroxylation is 3. The molecule has 8 bridgehead atoms. The predicted octanol–water partition coefficient (Wildman–Crippen LogP) is 7.73. The number of nitrogens with one attached hydrogen (secondary N) is 2. The van der Waals surface area contributed by atoms with Crippen molar-refractivity contribution in [2.45, 2.75) is 67.2 Å². The maximum absolute atomic E-state index is 11.5. The molecule has 8 nitrogen and oxygen atoms in total. The molecular formula is C34H36N4O4. The number of fused-ring (bicyclic) bond motifs is 8. The number of aromatic amines is 2. The smallest absolute Gasteiger partial charge is 0.328 e. The number of allylic oxidation sites excluding steroid dienone is 4. The molecule has 8 heteroatoms. The number of carboxylic acid groups (broad SMARTS) is 2. The molecule has 2 aliphatic heterocycles. The Morgan fingerprint density at radius 2 is 1.33 bits per heavy atom. The summed E-state index contributed by atoms with van der Waals surface area (Å²) in [5.74, 6) is -1.92. The number of carboxylic acids is 2. The van der Waals surface area contributed by atoms with E-state index >= 15 is 0 Å². The molecule has 0 saturated heterocycles. The maximum Gasteiger partial charge on any atom is 0.328 e. The van der Waals surface area contributed by atoms with E-state index in [4.69, 9.17) is 9.97 Å². The van der Waals surface area contributed by atoms with Crippen LogP contribution in [-0.2, 0) is 16.0 Å². The highest BCUT2D eigenvalue weighted by Crippen LogP contribution is 2.37. The lowest BCUT2D eigenvalue weighted by atomic mass is 10.00. The lowest BCUT2D eigenvalue weighted by molar-refractivity contribution is -0.137. The molecule has 0 aliphatic carbocycles. The summed E-state index contributed by atoms with van der Waals surface area (Å²) in [4.78, 5) is 40.1. The van der Waals surface area contributed by atoms with Gasteiger partial charge in [0.1, 0.15) is 0 Å². The molecule has 0 saturated carbocycles. The fourth-order valence-electron chi connectivity index (χ4n) is 6.00. The van der Waals surface area contributed by atoms with Crippen molar-refractivity contribution in [1.29, 1.82) is 0 Å². The van der Waals surface area contributed by atoms with E-state index in [1.807, 2.05) is 26.0 Å². The number of carbonyl (C=O) groups is 2. The molecule has 0 atom stereocenters. The molecule has 0 amide bonds. The van der Waals surface area contributed by atoms with Gasteiger partial charge in [-0.3, -0.25) is 4.79 Å². The third-order valence-electron chi connectivity index (χ3n) is 8.41. The highest BCUT2D eigenvalue weighted by molar-refractivity contribution is 5.97. The summed E-state index contributed by atoms with van der Waals surface area (Å²) in [6, 6.07) is 8.08. The molecule has 4 N–H and O–H groups in total. The fraction of sp³-hybridized carbons (Fsp3) is 0.294. The van der Waals surface area contributed by atoms with Crippen LogP contribution >= 0.6 is 0 Å². The van der Waals surface area contributed by atoms with Gasteiger partial charge in [-0.2, -0.15) is 0 Å². The minimum Gasteiger partial charge on any atom is -0.481 e. The second-order valence-corrected chi connectivity index (χ2v) is 10.9. The lowest BCUT2D eigenvalue weighted by Crippen LogP contribution is -1.95. The molecule has 0 unspecified atom stereocenters. The van der Waals surface area contributed by atoms with E-state index in [9.17, 15) is 19.8 Å². The Balaban J connectivity index is 1.96. The molecule has 3 aromatic rings. The number of aliphatic carboxylic acids is 2. The molecule has 5 rings (SSSR count). The largest absolute Gasteiger partial charge is 0.481 e. The predicted molar refractivity (Wildman–Crippen MR) is 169 cm³/mol. The molecule has 3 aromatic heterocycles. The molecule has 0 aromatic carbocycles. The zero-order chi connectivity index (χ0) is 30.3. The average Bonchev–Trinajstić information content (AvgIpc) is 3.59. The second-order valence-electron chi connectivity index (χ2n) is 10.9. The van der Waals surface area contributed by atoms with Crippen LogP contribution in [0.1, 0.15) is 92.0 Å². The molecule has 5 heterocycles. The van der Waals surface area contributed by atoms with Crippen LogP contribution in [0.3, 0.4) is 0 Å². The van der Waals surface area contributed by atoms with Crippen molar-refractivity contribution in [3.63, 3.8) is 0 Å². The van der Waals surface area contributed by atoms with Crippen molar-refractivity contribution in [2.75, 3.05) is 0 Å². The highest BCUT2D eigenvalue weighted by Gasteiger charge is 2.21. The molecule has 2 aliphatic rings. The molecule has 0 spiro atoms. The third-order valence-corrected chi connectivity index (χ3v) is 8.41. The van der Waals surface area contributed by atoms with Crippen molar-refractivity contribution in [3.05, 3.63) is 75.4 Å². The van der Waals surface area contributed by atoms with Gasteiger partial charge in [0, 0.05) is 40.1 Å². The van der Waals surface area contributed by atoms with Crippen LogP contribution < -0.4 is 0 Å². The summed E-state index contributed by atoms with van der Waals surface area (Å²) in [6.45, 7) is 12.4. The van der Waals surface area contributed by atoms with Gasteiger partial charge in [0.25, 0.3) is 0 Å². The van der Waals surface area contributed by atoms with Crippen LogP contribution in [-0.4, -0.2) is 42.1 Å². The van der Waals surface area contributed by atoms with E-state index in [-0.39, 0.29) is 6.42 Å². The van der Waals surface area contributed by atoms with Crippen LogP contribution in [0.4, 0.5) is 0 Å². The first-order valence-corrected chi connectivity index (χ1v) is 14.3. The quantitative estimate of drug-likeness (QED) is 0.217. The van der Waals surface area contributed by atoms with Crippen molar-refractivity contribution in [3.8, 4) is 0 Å². The van der Waals surface area contributed by atoms with E-state index in [0.717, 1.165) is 86.0 Å². The minimum absolute atomic E-state index is 0.0257. The standard InChI is InChI=1S/C34H36N4O4/c1-7-21-17(3)25-13-27-19(5)23(9-11-33(39)40)31(37-27)16-32-24(10-12-34(41)42)20(6)28(38-32)14-26-18(4)22(8-2)30(36-26)15-29(21)35-25/h9,11,13-16,35,37H,7-8,10,12H2,1-6H3,(H,39,40)(H,41,42)/b11-9+,25-13?,26-14?,27-13?,28-14?,29-15?,30-15?,31-16?,32-16?. The van der Waals surface area contributed by atoms with Gasteiger partial charge >= 0.3 is 11.9 Å².